The Morgan fingerprint density at radius 1 is 1.32 bits per heavy atom. The quantitative estimate of drug-likeness (QED) is 0.765. The maximum Gasteiger partial charge on any atom is 0.255 e. The summed E-state index contributed by atoms with van der Waals surface area (Å²) >= 11 is 0. The average molecular weight is 341 g/mol. The molecule has 1 unspecified atom stereocenters. The van der Waals surface area contributed by atoms with Crippen molar-refractivity contribution in [2.24, 2.45) is 5.73 Å². The molecule has 2 aromatic carbocycles. The van der Waals surface area contributed by atoms with Gasteiger partial charge in [-0.1, -0.05) is 18.2 Å². The number of nitrogens with one attached hydrogen (secondary N) is 1. The Kier molecular flexibility index (Phi) is 4.47. The minimum atomic E-state index is -0.602. The number of nitrogens with two attached hydrogens (primary N) is 1. The maximum absolute atomic E-state index is 12.4. The lowest BCUT2D eigenvalue weighted by atomic mass is 10.0. The Bertz CT molecular complexity index is 822. The van der Waals surface area contributed by atoms with Gasteiger partial charge in [-0.05, 0) is 36.8 Å². The Morgan fingerprint density at radius 3 is 2.80 bits per heavy atom. The number of carbonyl (C=O) groups excluding carboxylic acids is 2. The molecule has 1 atom stereocenters. The smallest absolute Gasteiger partial charge is 0.255 e. The minimum Gasteiger partial charge on any atom is -0.504 e. The van der Waals surface area contributed by atoms with Crippen molar-refractivity contribution in [2.45, 2.75) is 13.1 Å². The van der Waals surface area contributed by atoms with Crippen LogP contribution in [0.4, 0.5) is 5.69 Å². The zero-order valence-electron chi connectivity index (χ0n) is 13.7. The molecular weight excluding hydrogens is 322 g/mol. The van der Waals surface area contributed by atoms with Gasteiger partial charge in [0.05, 0.1) is 24.4 Å². The van der Waals surface area contributed by atoms with Gasteiger partial charge in [0, 0.05) is 0 Å². The molecule has 2 aromatic rings. The van der Waals surface area contributed by atoms with E-state index >= 15 is 0 Å². The van der Waals surface area contributed by atoms with Crippen LogP contribution in [0.5, 0.6) is 11.5 Å². The summed E-state index contributed by atoms with van der Waals surface area (Å²) in [6.45, 7) is 2.14. The third kappa shape index (κ3) is 3.21. The minimum absolute atomic E-state index is 0.00888. The molecule has 0 aliphatic carbocycles. The van der Waals surface area contributed by atoms with Gasteiger partial charge in [0.1, 0.15) is 6.17 Å². The van der Waals surface area contributed by atoms with E-state index in [0.29, 0.717) is 29.2 Å². The summed E-state index contributed by atoms with van der Waals surface area (Å²) in [6, 6.07) is 11.8. The van der Waals surface area contributed by atoms with Crippen molar-refractivity contribution in [2.75, 3.05) is 18.1 Å². The van der Waals surface area contributed by atoms with E-state index in [1.807, 2.05) is 6.92 Å². The van der Waals surface area contributed by atoms with Crippen LogP contribution in [0.25, 0.3) is 0 Å². The Morgan fingerprint density at radius 2 is 2.08 bits per heavy atom. The fourth-order valence-corrected chi connectivity index (χ4v) is 2.91. The molecule has 25 heavy (non-hydrogen) atoms. The number of anilines is 1. The standard InChI is InChI=1S/C18H19N3O4/c1-2-25-15-9-11(7-8-14(15)22)17-20-18(24)12-5-3-4-6-13(12)21(17)10-16(19)23/h3-9,17,22H,2,10H2,1H3,(H2,19,23)(H,20,24). The molecule has 0 saturated carbocycles. The fraction of sp³-hybridized carbons (Fsp3) is 0.222. The molecule has 7 nitrogen and oxygen atoms in total. The van der Waals surface area contributed by atoms with Crippen molar-refractivity contribution in [3.8, 4) is 11.5 Å². The molecule has 0 aromatic heterocycles. The Hall–Kier alpha value is -3.22. The molecule has 0 radical (unpaired) electrons. The number of carbonyl (C=O) groups is 2. The third-order valence-electron chi connectivity index (χ3n) is 3.96. The number of aromatic hydroxyl groups is 1. The van der Waals surface area contributed by atoms with Crippen LogP contribution in [0.2, 0.25) is 0 Å². The van der Waals surface area contributed by atoms with E-state index in [-0.39, 0.29) is 18.2 Å². The van der Waals surface area contributed by atoms with Crippen molar-refractivity contribution in [1.82, 2.24) is 5.32 Å². The van der Waals surface area contributed by atoms with Gasteiger partial charge in [0.15, 0.2) is 11.5 Å². The summed E-state index contributed by atoms with van der Waals surface area (Å²) in [5, 5.41) is 12.8. The number of nitrogens with zero attached hydrogens (tertiary/aromatic N) is 1. The van der Waals surface area contributed by atoms with Crippen LogP contribution < -0.4 is 20.7 Å². The third-order valence-corrected chi connectivity index (χ3v) is 3.96. The highest BCUT2D eigenvalue weighted by Gasteiger charge is 2.32. The van der Waals surface area contributed by atoms with Crippen molar-refractivity contribution in [3.63, 3.8) is 0 Å². The summed E-state index contributed by atoms with van der Waals surface area (Å²) in [6.07, 6.45) is -0.602. The number of primary amides is 1. The molecule has 0 bridgehead atoms. The largest absolute Gasteiger partial charge is 0.504 e. The molecular formula is C18H19N3O4. The molecule has 4 N–H and O–H groups in total. The lowest BCUT2D eigenvalue weighted by Gasteiger charge is -2.38. The van der Waals surface area contributed by atoms with Crippen LogP contribution in [0.3, 0.4) is 0 Å². The molecule has 1 heterocycles. The average Bonchev–Trinajstić information content (AvgIpc) is 2.59. The van der Waals surface area contributed by atoms with E-state index in [1.54, 1.807) is 41.3 Å². The summed E-state index contributed by atoms with van der Waals surface area (Å²) in [4.78, 5) is 25.7. The highest BCUT2D eigenvalue weighted by molar-refractivity contribution is 6.02. The van der Waals surface area contributed by atoms with Crippen LogP contribution in [0.15, 0.2) is 42.5 Å². The number of fused-ring (bicyclic) bond motifs is 1. The monoisotopic (exact) mass is 341 g/mol. The number of phenolic OH excluding ortho intramolecular Hbond substituents is 1. The van der Waals surface area contributed by atoms with Gasteiger partial charge < -0.3 is 25.8 Å². The van der Waals surface area contributed by atoms with Gasteiger partial charge in [-0.3, -0.25) is 9.59 Å². The summed E-state index contributed by atoms with van der Waals surface area (Å²) in [5.74, 6) is -0.436. The van der Waals surface area contributed by atoms with Crippen molar-refractivity contribution in [3.05, 3.63) is 53.6 Å². The molecule has 2 amide bonds. The summed E-state index contributed by atoms with van der Waals surface area (Å²) in [5.41, 5.74) is 7.17. The van der Waals surface area contributed by atoms with Crippen LogP contribution in [-0.4, -0.2) is 30.1 Å². The number of hydrogen-bond acceptors (Lipinski definition) is 5. The Balaban J connectivity index is 2.06. The molecule has 3 rings (SSSR count). The first-order chi connectivity index (χ1) is 12.0. The number of hydrogen-bond donors (Lipinski definition) is 3. The number of ether oxygens (including phenoxy) is 1. The van der Waals surface area contributed by atoms with Gasteiger partial charge in [-0.25, -0.2) is 0 Å². The van der Waals surface area contributed by atoms with Gasteiger partial charge >= 0.3 is 0 Å². The number of benzene rings is 2. The number of rotatable bonds is 5. The highest BCUT2D eigenvalue weighted by Crippen LogP contribution is 2.36. The fourth-order valence-electron chi connectivity index (χ4n) is 2.91. The molecule has 130 valence electrons. The number of amides is 2. The van der Waals surface area contributed by atoms with Gasteiger partial charge in [-0.15, -0.1) is 0 Å². The van der Waals surface area contributed by atoms with Crippen LogP contribution in [-0.2, 0) is 4.79 Å². The summed E-state index contributed by atoms with van der Waals surface area (Å²) in [7, 11) is 0. The van der Waals surface area contributed by atoms with Crippen molar-refractivity contribution in [1.29, 1.82) is 0 Å². The number of para-hydroxylation sites is 1. The second kappa shape index (κ2) is 6.72. The van der Waals surface area contributed by atoms with E-state index in [2.05, 4.69) is 5.32 Å². The lowest BCUT2D eigenvalue weighted by Crippen LogP contribution is -2.49. The first-order valence-electron chi connectivity index (χ1n) is 7.91. The zero-order chi connectivity index (χ0) is 18.0. The predicted octanol–water partition coefficient (Wildman–Crippen LogP) is 1.52. The molecule has 0 saturated heterocycles. The second-order valence-corrected chi connectivity index (χ2v) is 5.65. The first kappa shape index (κ1) is 16.6. The van der Waals surface area contributed by atoms with E-state index in [0.717, 1.165) is 0 Å². The molecule has 1 aliphatic heterocycles. The van der Waals surface area contributed by atoms with E-state index in [1.165, 1.54) is 6.07 Å². The normalized spacial score (nSPS) is 16.1. The van der Waals surface area contributed by atoms with Crippen LogP contribution >= 0.6 is 0 Å². The summed E-state index contributed by atoms with van der Waals surface area (Å²) < 4.78 is 5.41. The van der Waals surface area contributed by atoms with E-state index in [9.17, 15) is 14.7 Å². The van der Waals surface area contributed by atoms with Crippen LogP contribution in [0.1, 0.15) is 29.0 Å². The maximum atomic E-state index is 12.4. The van der Waals surface area contributed by atoms with Gasteiger partial charge in [-0.2, -0.15) is 0 Å². The van der Waals surface area contributed by atoms with Crippen molar-refractivity contribution >= 4 is 17.5 Å². The van der Waals surface area contributed by atoms with Crippen molar-refractivity contribution < 1.29 is 19.4 Å². The van der Waals surface area contributed by atoms with E-state index in [4.69, 9.17) is 10.5 Å². The van der Waals surface area contributed by atoms with E-state index < -0.39 is 12.1 Å². The van der Waals surface area contributed by atoms with Gasteiger partial charge in [0.25, 0.3) is 5.91 Å². The van der Waals surface area contributed by atoms with Gasteiger partial charge in [0.2, 0.25) is 5.91 Å². The molecule has 0 fully saturated rings. The topological polar surface area (TPSA) is 105 Å². The SMILES string of the molecule is CCOc1cc(C2NC(=O)c3ccccc3N2CC(N)=O)ccc1O. The molecule has 0 spiro atoms. The Labute approximate surface area is 145 Å². The molecule has 7 heteroatoms. The van der Waals surface area contributed by atoms with Crippen LogP contribution in [0, 0.1) is 0 Å². The first-order valence-corrected chi connectivity index (χ1v) is 7.91. The highest BCUT2D eigenvalue weighted by atomic mass is 16.5. The zero-order valence-corrected chi connectivity index (χ0v) is 13.7. The number of phenols is 1. The predicted molar refractivity (Wildman–Crippen MR) is 92.5 cm³/mol. The second-order valence-electron chi connectivity index (χ2n) is 5.65. The molecule has 1 aliphatic rings. The lowest BCUT2D eigenvalue weighted by molar-refractivity contribution is -0.116.